The van der Waals surface area contributed by atoms with Crippen molar-refractivity contribution < 1.29 is 27.0 Å². The van der Waals surface area contributed by atoms with Crippen molar-refractivity contribution in [3.63, 3.8) is 0 Å². The number of rotatable bonds is 5. The summed E-state index contributed by atoms with van der Waals surface area (Å²) in [6, 6.07) is 8.42. The van der Waals surface area contributed by atoms with Crippen molar-refractivity contribution in [2.24, 2.45) is 4.99 Å². The van der Waals surface area contributed by atoms with E-state index in [0.29, 0.717) is 23.2 Å². The van der Waals surface area contributed by atoms with Gasteiger partial charge in [0.05, 0.1) is 11.8 Å². The van der Waals surface area contributed by atoms with Crippen molar-refractivity contribution in [3.05, 3.63) is 112 Å². The second-order valence-corrected chi connectivity index (χ2v) is 9.08. The number of hydrogen-bond acceptors (Lipinski definition) is 5. The molecule has 8 nitrogen and oxygen atoms in total. The predicted octanol–water partition coefficient (Wildman–Crippen LogP) is 2.73. The van der Waals surface area contributed by atoms with Crippen LogP contribution in [0.2, 0.25) is 0 Å². The Bertz CT molecular complexity index is 1850. The molecule has 1 N–H and O–H groups in total. The molecule has 11 heteroatoms. The van der Waals surface area contributed by atoms with Crippen LogP contribution in [0, 0.1) is 24.5 Å². The van der Waals surface area contributed by atoms with Crippen molar-refractivity contribution in [1.29, 1.82) is 0 Å². The van der Waals surface area contributed by atoms with Crippen LogP contribution in [-0.4, -0.2) is 39.8 Å². The molecule has 0 unspecified atom stereocenters. The topological polar surface area (TPSA) is 95.1 Å². The number of fused-ring (bicyclic) bond motifs is 1. The van der Waals surface area contributed by atoms with Crippen molar-refractivity contribution >= 4 is 11.7 Å². The molecular weight excluding hydrogens is 521 g/mol. The number of carbonyl (C=O) groups excluding carboxylic acids is 2. The number of hydrogen-bond donors (Lipinski definition) is 1. The SMILES string of the molecule is CNC(=O)c1cn(-c2cc(CC(=O)c3ccc(C)c(C#CC4=[n+]5ccncc5=NC4)c3)cc(C(F)(F)F)c2)cn1. The van der Waals surface area contributed by atoms with Crippen LogP contribution in [0.4, 0.5) is 13.2 Å². The molecule has 3 heterocycles. The summed E-state index contributed by atoms with van der Waals surface area (Å²) in [4.78, 5) is 37.4. The van der Waals surface area contributed by atoms with Gasteiger partial charge in [0.15, 0.2) is 5.78 Å². The van der Waals surface area contributed by atoms with Gasteiger partial charge >= 0.3 is 11.7 Å². The van der Waals surface area contributed by atoms with E-state index in [1.807, 2.05) is 11.2 Å². The summed E-state index contributed by atoms with van der Waals surface area (Å²) in [6.07, 6.45) is 2.73. The average molecular weight is 544 g/mol. The summed E-state index contributed by atoms with van der Waals surface area (Å²) in [5.41, 5.74) is 2.72. The van der Waals surface area contributed by atoms with Crippen LogP contribution in [-0.2, 0) is 12.6 Å². The summed E-state index contributed by atoms with van der Waals surface area (Å²) in [6.45, 7) is 2.28. The lowest BCUT2D eigenvalue weighted by Crippen LogP contribution is -2.36. The Morgan fingerprint density at radius 1 is 1.15 bits per heavy atom. The Labute approximate surface area is 226 Å². The summed E-state index contributed by atoms with van der Waals surface area (Å²) >= 11 is 0. The fourth-order valence-corrected chi connectivity index (χ4v) is 4.19. The molecule has 5 rings (SSSR count). The molecule has 0 fully saturated rings. The highest BCUT2D eigenvalue weighted by atomic mass is 19.4. The highest BCUT2D eigenvalue weighted by molar-refractivity contribution is 5.98. The minimum atomic E-state index is -4.64. The molecule has 1 aliphatic rings. The van der Waals surface area contributed by atoms with E-state index in [1.54, 1.807) is 36.8 Å². The number of nitrogens with one attached hydrogen (secondary N) is 1. The number of ketones is 1. The number of amides is 1. The molecule has 1 aliphatic heterocycles. The average Bonchev–Trinajstić information content (AvgIpc) is 3.59. The lowest BCUT2D eigenvalue weighted by Gasteiger charge is -2.13. The van der Waals surface area contributed by atoms with Crippen LogP contribution in [0.5, 0.6) is 0 Å². The number of carbonyl (C=O) groups is 2. The molecule has 40 heavy (non-hydrogen) atoms. The molecule has 0 saturated carbocycles. The molecule has 0 radical (unpaired) electrons. The minimum Gasteiger partial charge on any atom is -0.354 e. The fourth-order valence-electron chi connectivity index (χ4n) is 4.19. The summed E-state index contributed by atoms with van der Waals surface area (Å²) in [5.74, 6) is 5.37. The number of aryl methyl sites for hydroxylation is 1. The standard InChI is InChI=1S/C29H21F3N6O2/c1-18-3-4-21(12-20(18)5-6-23-14-35-27-15-34-7-8-38(23)27)26(39)11-19-9-22(29(30,31)32)13-24(10-19)37-16-25(36-17-37)28(40)33-2/h3-4,7-10,12-13,15-17H,11,14H2,1-2H3/p+1. The van der Waals surface area contributed by atoms with Crippen molar-refractivity contribution in [3.8, 4) is 17.5 Å². The van der Waals surface area contributed by atoms with E-state index in [-0.39, 0.29) is 29.1 Å². The van der Waals surface area contributed by atoms with Crippen LogP contribution >= 0.6 is 0 Å². The third kappa shape index (κ3) is 5.51. The molecule has 0 aliphatic carbocycles. The Balaban J connectivity index is 1.45. The molecule has 0 saturated heterocycles. The third-order valence-electron chi connectivity index (χ3n) is 6.33. The van der Waals surface area contributed by atoms with Crippen molar-refractivity contribution in [2.75, 3.05) is 13.6 Å². The van der Waals surface area contributed by atoms with Gasteiger partial charge in [0.1, 0.15) is 24.4 Å². The number of alkyl halides is 3. The predicted molar refractivity (Wildman–Crippen MR) is 137 cm³/mol. The number of aromatic nitrogens is 4. The molecule has 2 aromatic carbocycles. The van der Waals surface area contributed by atoms with Crippen LogP contribution in [0.1, 0.15) is 43.1 Å². The molecule has 0 bridgehead atoms. The van der Waals surface area contributed by atoms with Gasteiger partial charge in [-0.1, -0.05) is 23.0 Å². The van der Waals surface area contributed by atoms with Crippen LogP contribution < -0.4 is 15.0 Å². The molecule has 4 aromatic rings. The number of imidazole rings is 1. The van der Waals surface area contributed by atoms with Gasteiger partial charge in [0.25, 0.3) is 5.91 Å². The van der Waals surface area contributed by atoms with E-state index in [2.05, 4.69) is 32.1 Å². The summed E-state index contributed by atoms with van der Waals surface area (Å²) in [5, 5.41) is 2.42. The Kier molecular flexibility index (Phi) is 7.00. The molecular formula is C29H22F3N6O2+. The Hall–Kier alpha value is -5.11. The third-order valence-corrected chi connectivity index (χ3v) is 6.33. The van der Waals surface area contributed by atoms with E-state index in [4.69, 9.17) is 0 Å². The first kappa shape index (κ1) is 26.5. The highest BCUT2D eigenvalue weighted by Gasteiger charge is 2.31. The normalized spacial score (nSPS) is 12.3. The first-order valence-corrected chi connectivity index (χ1v) is 12.2. The number of Topliss-reactive ketones (excluding diaryl/α,β-unsaturated/α-hetero) is 1. The Morgan fingerprint density at radius 2 is 1.98 bits per heavy atom. The summed E-state index contributed by atoms with van der Waals surface area (Å²) < 4.78 is 44.3. The van der Waals surface area contributed by atoms with Gasteiger partial charge in [-0.05, 0) is 48.2 Å². The van der Waals surface area contributed by atoms with Gasteiger partial charge in [-0.25, -0.2) is 4.98 Å². The monoisotopic (exact) mass is 543 g/mol. The lowest BCUT2D eigenvalue weighted by molar-refractivity contribution is -0.531. The van der Waals surface area contributed by atoms with Gasteiger partial charge in [-0.3, -0.25) is 14.6 Å². The maximum Gasteiger partial charge on any atom is 0.416 e. The van der Waals surface area contributed by atoms with Gasteiger partial charge in [-0.15, -0.1) is 0 Å². The molecule has 0 atom stereocenters. The minimum absolute atomic E-state index is 0.0498. The molecule has 0 spiro atoms. The first-order valence-electron chi connectivity index (χ1n) is 12.2. The van der Waals surface area contributed by atoms with Crippen LogP contribution in [0.15, 0.2) is 72.5 Å². The molecule has 200 valence electrons. The van der Waals surface area contributed by atoms with Crippen molar-refractivity contribution in [1.82, 2.24) is 19.9 Å². The second-order valence-electron chi connectivity index (χ2n) is 9.08. The van der Waals surface area contributed by atoms with Gasteiger partial charge in [0, 0.05) is 36.5 Å². The van der Waals surface area contributed by atoms with E-state index in [0.717, 1.165) is 23.4 Å². The van der Waals surface area contributed by atoms with Gasteiger partial charge in [0.2, 0.25) is 12.3 Å². The maximum atomic E-state index is 13.7. The van der Waals surface area contributed by atoms with E-state index in [1.165, 1.54) is 30.2 Å². The van der Waals surface area contributed by atoms with Crippen LogP contribution in [0.25, 0.3) is 5.69 Å². The van der Waals surface area contributed by atoms with Crippen LogP contribution in [0.3, 0.4) is 0 Å². The zero-order valence-electron chi connectivity index (χ0n) is 21.5. The highest BCUT2D eigenvalue weighted by Crippen LogP contribution is 2.32. The number of halogens is 3. The largest absolute Gasteiger partial charge is 0.416 e. The van der Waals surface area contributed by atoms with Gasteiger partial charge < -0.3 is 9.88 Å². The maximum absolute atomic E-state index is 13.7. The quantitative estimate of drug-likeness (QED) is 0.238. The second kappa shape index (κ2) is 10.6. The van der Waals surface area contributed by atoms with E-state index in [9.17, 15) is 22.8 Å². The van der Waals surface area contributed by atoms with Gasteiger partial charge in [-0.2, -0.15) is 17.4 Å². The first-order chi connectivity index (χ1) is 19.1. The molecule has 2 aromatic heterocycles. The summed E-state index contributed by atoms with van der Waals surface area (Å²) in [7, 11) is 1.43. The smallest absolute Gasteiger partial charge is 0.354 e. The van der Waals surface area contributed by atoms with E-state index < -0.39 is 17.6 Å². The van der Waals surface area contributed by atoms with Crippen molar-refractivity contribution in [2.45, 2.75) is 19.5 Å². The Morgan fingerprint density at radius 3 is 2.75 bits per heavy atom. The number of benzene rings is 2. The fraction of sp³-hybridized carbons (Fsp3) is 0.172. The number of nitrogens with zero attached hydrogens (tertiary/aromatic N) is 5. The zero-order chi connectivity index (χ0) is 28.4. The lowest BCUT2D eigenvalue weighted by atomic mass is 9.97. The van der Waals surface area contributed by atoms with E-state index >= 15 is 0 Å². The zero-order valence-corrected chi connectivity index (χ0v) is 21.5. The molecule has 1 amide bonds.